The molecule has 1 aromatic carbocycles. The maximum absolute atomic E-state index is 11.9. The molecule has 0 aliphatic rings. The lowest BCUT2D eigenvalue weighted by Crippen LogP contribution is -2.02. The number of nitrogens with zero attached hydrogens (tertiary/aromatic N) is 4. The molecule has 0 fully saturated rings. The van der Waals surface area contributed by atoms with Crippen LogP contribution in [0.1, 0.15) is 17.5 Å². The van der Waals surface area contributed by atoms with Gasteiger partial charge in [-0.25, -0.2) is 13.4 Å². The summed E-state index contributed by atoms with van der Waals surface area (Å²) >= 11 is 0.969. The van der Waals surface area contributed by atoms with E-state index in [1.807, 2.05) is 0 Å². The average molecular weight is 379 g/mol. The number of H-pyrrole nitrogens is 1. The summed E-state index contributed by atoms with van der Waals surface area (Å²) in [7, 11) is -3.43. The van der Waals surface area contributed by atoms with Crippen LogP contribution in [0.5, 0.6) is 0 Å². The molecule has 2 heterocycles. The summed E-state index contributed by atoms with van der Waals surface area (Å²) in [6.07, 6.45) is 3.45. The van der Waals surface area contributed by atoms with E-state index in [1.54, 1.807) is 18.5 Å². The second-order valence-electron chi connectivity index (χ2n) is 5.08. The predicted molar refractivity (Wildman–Crippen MR) is 91.1 cm³/mol. The molecule has 0 aliphatic carbocycles. The number of benzene rings is 1. The van der Waals surface area contributed by atoms with Crippen molar-refractivity contribution in [2.45, 2.75) is 17.7 Å². The van der Waals surface area contributed by atoms with Gasteiger partial charge in [0.25, 0.3) is 5.69 Å². The molecule has 9 nitrogen and oxygen atoms in total. The van der Waals surface area contributed by atoms with Gasteiger partial charge in [0, 0.05) is 36.5 Å². The largest absolute Gasteiger partial charge is 0.345 e. The highest BCUT2D eigenvalue weighted by atomic mass is 32.2. The van der Waals surface area contributed by atoms with Gasteiger partial charge in [0.05, 0.1) is 10.7 Å². The van der Waals surface area contributed by atoms with Crippen molar-refractivity contribution in [2.24, 2.45) is 0 Å². The number of non-ortho nitro benzene ring substituents is 1. The van der Waals surface area contributed by atoms with Crippen molar-refractivity contribution in [3.63, 3.8) is 0 Å². The first-order valence-corrected chi connectivity index (χ1v) is 9.70. The van der Waals surface area contributed by atoms with Crippen LogP contribution in [0.25, 0.3) is 11.4 Å². The van der Waals surface area contributed by atoms with Gasteiger partial charge in [-0.15, -0.1) is 10.2 Å². The molecule has 1 N–H and O–H groups in total. The number of hydrogen-bond acceptors (Lipinski definition) is 8. The molecule has 25 heavy (non-hydrogen) atoms. The first-order chi connectivity index (χ1) is 11.9. The molecular weight excluding hydrogens is 366 g/mol. The molecule has 0 saturated heterocycles. The maximum atomic E-state index is 11.9. The van der Waals surface area contributed by atoms with Gasteiger partial charge < -0.3 is 4.98 Å². The van der Waals surface area contributed by atoms with Gasteiger partial charge in [0.1, 0.15) is 10.8 Å². The molecule has 3 aromatic rings. The topological polar surface area (TPSA) is 132 Å². The standard InChI is InChI=1S/C14H13N5O4S2/c1-2-25(22,23)14-18-17-12(24-14)8-9-7-10(19(20)21)3-4-11(9)13-15-5-6-16-13/h3-7H,2,8H2,1H3,(H,15,16). The number of aromatic nitrogens is 4. The Morgan fingerprint density at radius 2 is 2.12 bits per heavy atom. The summed E-state index contributed by atoms with van der Waals surface area (Å²) in [5, 5.41) is 19.2. The maximum Gasteiger partial charge on any atom is 0.269 e. The van der Waals surface area contributed by atoms with E-state index < -0.39 is 14.8 Å². The number of hydrogen-bond donors (Lipinski definition) is 1. The van der Waals surface area contributed by atoms with Crippen LogP contribution in [0.15, 0.2) is 34.9 Å². The Morgan fingerprint density at radius 1 is 1.32 bits per heavy atom. The third kappa shape index (κ3) is 3.56. The van der Waals surface area contributed by atoms with Crippen molar-refractivity contribution in [3.05, 3.63) is 51.3 Å². The van der Waals surface area contributed by atoms with E-state index in [1.165, 1.54) is 19.1 Å². The number of nitro benzene ring substituents is 1. The van der Waals surface area contributed by atoms with Crippen molar-refractivity contribution in [1.29, 1.82) is 0 Å². The zero-order valence-corrected chi connectivity index (χ0v) is 14.7. The average Bonchev–Trinajstić information content (AvgIpc) is 3.26. The summed E-state index contributed by atoms with van der Waals surface area (Å²) in [6.45, 7) is 1.53. The van der Waals surface area contributed by atoms with E-state index in [0.717, 1.165) is 11.3 Å². The molecule has 0 atom stereocenters. The highest BCUT2D eigenvalue weighted by molar-refractivity contribution is 7.93. The molecule has 0 unspecified atom stereocenters. The Morgan fingerprint density at radius 3 is 2.76 bits per heavy atom. The second-order valence-corrected chi connectivity index (χ2v) is 8.59. The molecule has 0 radical (unpaired) electrons. The van der Waals surface area contributed by atoms with E-state index in [4.69, 9.17) is 0 Å². The number of aromatic amines is 1. The first kappa shape index (κ1) is 17.2. The van der Waals surface area contributed by atoms with Crippen LogP contribution in [0, 0.1) is 10.1 Å². The van der Waals surface area contributed by atoms with Gasteiger partial charge in [-0.05, 0) is 11.6 Å². The van der Waals surface area contributed by atoms with Gasteiger partial charge in [0.2, 0.25) is 14.2 Å². The number of rotatable bonds is 6. The van der Waals surface area contributed by atoms with Crippen molar-refractivity contribution in [3.8, 4) is 11.4 Å². The Hall–Kier alpha value is -2.66. The summed E-state index contributed by atoms with van der Waals surface area (Å²) in [5.41, 5.74) is 1.24. The molecule has 0 saturated carbocycles. The van der Waals surface area contributed by atoms with Gasteiger partial charge in [-0.2, -0.15) is 0 Å². The number of sulfone groups is 1. The van der Waals surface area contributed by atoms with Crippen LogP contribution < -0.4 is 0 Å². The van der Waals surface area contributed by atoms with Crippen molar-refractivity contribution in [1.82, 2.24) is 20.2 Å². The molecule has 0 amide bonds. The minimum Gasteiger partial charge on any atom is -0.345 e. The quantitative estimate of drug-likeness (QED) is 0.513. The number of nitrogens with one attached hydrogen (secondary N) is 1. The number of imidazole rings is 1. The van der Waals surface area contributed by atoms with Crippen molar-refractivity contribution < 1.29 is 13.3 Å². The van der Waals surface area contributed by atoms with E-state index in [-0.39, 0.29) is 22.2 Å². The van der Waals surface area contributed by atoms with Crippen molar-refractivity contribution >= 4 is 26.9 Å². The zero-order valence-electron chi connectivity index (χ0n) is 13.0. The summed E-state index contributed by atoms with van der Waals surface area (Å²) in [6, 6.07) is 4.44. The van der Waals surface area contributed by atoms with Crippen molar-refractivity contribution in [2.75, 3.05) is 5.75 Å². The molecule has 0 aliphatic heterocycles. The smallest absolute Gasteiger partial charge is 0.269 e. The Kier molecular flexibility index (Phi) is 4.59. The third-order valence-corrected chi connectivity index (χ3v) is 6.59. The lowest BCUT2D eigenvalue weighted by atomic mass is 10.0. The number of nitro groups is 1. The van der Waals surface area contributed by atoms with E-state index in [9.17, 15) is 18.5 Å². The lowest BCUT2D eigenvalue weighted by molar-refractivity contribution is -0.384. The van der Waals surface area contributed by atoms with Crippen LogP contribution in [0.4, 0.5) is 5.69 Å². The summed E-state index contributed by atoms with van der Waals surface area (Å²) in [5.74, 6) is 0.506. The van der Waals surface area contributed by atoms with Gasteiger partial charge in [0.15, 0.2) is 0 Å². The zero-order chi connectivity index (χ0) is 18.0. The molecule has 0 bridgehead atoms. The lowest BCUT2D eigenvalue weighted by Gasteiger charge is -2.05. The van der Waals surface area contributed by atoms with Crippen LogP contribution in [-0.4, -0.2) is 39.3 Å². The fraction of sp³-hybridized carbons (Fsp3) is 0.214. The van der Waals surface area contributed by atoms with Gasteiger partial charge in [-0.1, -0.05) is 18.3 Å². The molecular formula is C14H13N5O4S2. The molecule has 2 aromatic heterocycles. The summed E-state index contributed by atoms with van der Waals surface area (Å²) < 4.78 is 23.7. The highest BCUT2D eigenvalue weighted by Crippen LogP contribution is 2.28. The van der Waals surface area contributed by atoms with Crippen LogP contribution in [-0.2, 0) is 16.3 Å². The second kappa shape index (κ2) is 6.69. The Labute approximate surface area is 146 Å². The SMILES string of the molecule is CCS(=O)(=O)c1nnc(Cc2cc([N+](=O)[O-])ccc2-c2ncc[nH]2)s1. The van der Waals surface area contributed by atoms with Gasteiger partial charge in [-0.3, -0.25) is 10.1 Å². The Balaban J connectivity index is 2.01. The Bertz CT molecular complexity index is 1010. The van der Waals surface area contributed by atoms with Crippen LogP contribution in [0.3, 0.4) is 0 Å². The monoisotopic (exact) mass is 379 g/mol. The van der Waals surface area contributed by atoms with Gasteiger partial charge >= 0.3 is 0 Å². The molecule has 3 rings (SSSR count). The fourth-order valence-electron chi connectivity index (χ4n) is 2.21. The molecule has 11 heteroatoms. The predicted octanol–water partition coefficient (Wildman–Crippen LogP) is 2.22. The fourth-order valence-corrected chi connectivity index (χ4v) is 4.36. The first-order valence-electron chi connectivity index (χ1n) is 7.23. The van der Waals surface area contributed by atoms with Crippen LogP contribution >= 0.6 is 11.3 Å². The molecule has 130 valence electrons. The van der Waals surface area contributed by atoms with E-state index >= 15 is 0 Å². The summed E-state index contributed by atoms with van der Waals surface area (Å²) in [4.78, 5) is 17.7. The van der Waals surface area contributed by atoms with Crippen LogP contribution in [0.2, 0.25) is 0 Å². The minimum absolute atomic E-state index is 0.0463. The van der Waals surface area contributed by atoms with E-state index in [0.29, 0.717) is 22.0 Å². The minimum atomic E-state index is -3.43. The third-order valence-electron chi connectivity index (χ3n) is 3.49. The normalized spacial score (nSPS) is 11.6. The van der Waals surface area contributed by atoms with E-state index in [2.05, 4.69) is 20.2 Å². The molecule has 0 spiro atoms. The highest BCUT2D eigenvalue weighted by Gasteiger charge is 2.20.